The lowest BCUT2D eigenvalue weighted by molar-refractivity contribution is -0.0503. The second-order valence-electron chi connectivity index (χ2n) is 7.98. The van der Waals surface area contributed by atoms with E-state index < -0.39 is 0 Å². The second kappa shape index (κ2) is 5.43. The molecule has 0 radical (unpaired) electrons. The minimum Gasteiger partial charge on any atom is -0.507 e. The summed E-state index contributed by atoms with van der Waals surface area (Å²) in [5.74, 6) is 3.00. The number of hydrogen-bond acceptors (Lipinski definition) is 3. The van der Waals surface area contributed by atoms with Crippen molar-refractivity contribution >= 4 is 5.91 Å². The zero-order valence-electron chi connectivity index (χ0n) is 13.7. The van der Waals surface area contributed by atoms with Crippen molar-refractivity contribution < 1.29 is 14.6 Å². The second-order valence-corrected chi connectivity index (χ2v) is 7.98. The lowest BCUT2D eigenvalue weighted by Crippen LogP contribution is -2.51. The summed E-state index contributed by atoms with van der Waals surface area (Å²) in [6.07, 6.45) is 8.04. The Morgan fingerprint density at radius 1 is 1.22 bits per heavy atom. The molecule has 4 aliphatic rings. The topological polar surface area (TPSA) is 58.6 Å². The summed E-state index contributed by atoms with van der Waals surface area (Å²) in [6, 6.07) is 4.82. The average Bonchev–Trinajstić information content (AvgIpc) is 2.51. The first-order chi connectivity index (χ1) is 11.1. The molecule has 0 unspecified atom stereocenters. The van der Waals surface area contributed by atoms with E-state index in [4.69, 9.17) is 4.74 Å². The molecule has 4 bridgehead atoms. The van der Waals surface area contributed by atoms with Gasteiger partial charge < -0.3 is 15.2 Å². The Labute approximate surface area is 137 Å². The fourth-order valence-electron chi connectivity index (χ4n) is 5.70. The van der Waals surface area contributed by atoms with Crippen molar-refractivity contribution in [3.8, 4) is 11.5 Å². The van der Waals surface area contributed by atoms with Gasteiger partial charge in [0, 0.05) is 12.6 Å². The molecular formula is C19H25NO3. The zero-order valence-corrected chi connectivity index (χ0v) is 13.7. The maximum absolute atomic E-state index is 12.4. The van der Waals surface area contributed by atoms with Crippen molar-refractivity contribution in [3.63, 3.8) is 0 Å². The van der Waals surface area contributed by atoms with E-state index in [-0.39, 0.29) is 11.7 Å². The molecule has 4 heteroatoms. The molecule has 1 amide bonds. The number of aromatic hydroxyl groups is 1. The molecule has 4 saturated carbocycles. The quantitative estimate of drug-likeness (QED) is 0.896. The molecule has 0 aromatic heterocycles. The molecule has 124 valence electrons. The summed E-state index contributed by atoms with van der Waals surface area (Å²) in [7, 11) is 1.54. The van der Waals surface area contributed by atoms with E-state index in [2.05, 4.69) is 5.32 Å². The van der Waals surface area contributed by atoms with E-state index in [0.717, 1.165) is 24.3 Å². The van der Waals surface area contributed by atoms with Crippen LogP contribution in [0, 0.1) is 23.2 Å². The molecule has 1 aromatic rings. The Morgan fingerprint density at radius 2 is 1.83 bits per heavy atom. The molecule has 1 aromatic carbocycles. The third-order valence-electron chi connectivity index (χ3n) is 6.24. The van der Waals surface area contributed by atoms with Crippen LogP contribution in [0.5, 0.6) is 11.5 Å². The van der Waals surface area contributed by atoms with Gasteiger partial charge in [-0.25, -0.2) is 0 Å². The lowest BCUT2D eigenvalue weighted by atomic mass is 9.49. The third kappa shape index (κ3) is 2.68. The molecular weight excluding hydrogens is 290 g/mol. The molecule has 0 spiro atoms. The van der Waals surface area contributed by atoms with E-state index in [9.17, 15) is 9.90 Å². The third-order valence-corrected chi connectivity index (χ3v) is 6.24. The standard InChI is InChI=1S/C19H25NO3/c1-23-15-2-3-16(17(21)7-15)18(22)20-11-19-8-12-4-13(9-19)6-14(5-12)10-19/h2-3,7,12-14,21H,4-6,8-11H2,1H3,(H,20,22). The molecule has 23 heavy (non-hydrogen) atoms. The maximum Gasteiger partial charge on any atom is 0.255 e. The summed E-state index contributed by atoms with van der Waals surface area (Å²) >= 11 is 0. The summed E-state index contributed by atoms with van der Waals surface area (Å²) in [4.78, 5) is 12.4. The number of ether oxygens (including phenoxy) is 1. The highest BCUT2D eigenvalue weighted by Crippen LogP contribution is 2.59. The Morgan fingerprint density at radius 3 is 2.35 bits per heavy atom. The first-order valence-electron chi connectivity index (χ1n) is 8.72. The molecule has 4 aliphatic carbocycles. The number of benzene rings is 1. The number of nitrogens with one attached hydrogen (secondary N) is 1. The molecule has 2 N–H and O–H groups in total. The highest BCUT2D eigenvalue weighted by atomic mass is 16.5. The van der Waals surface area contributed by atoms with Crippen LogP contribution in [0.15, 0.2) is 18.2 Å². The van der Waals surface area contributed by atoms with E-state index in [1.54, 1.807) is 19.2 Å². The summed E-state index contributed by atoms with van der Waals surface area (Å²) in [6.45, 7) is 0.751. The highest BCUT2D eigenvalue weighted by molar-refractivity contribution is 5.97. The van der Waals surface area contributed by atoms with Gasteiger partial charge in [-0.15, -0.1) is 0 Å². The van der Waals surface area contributed by atoms with Crippen molar-refractivity contribution in [2.24, 2.45) is 23.2 Å². The highest BCUT2D eigenvalue weighted by Gasteiger charge is 2.50. The predicted octanol–water partition coefficient (Wildman–Crippen LogP) is 3.35. The van der Waals surface area contributed by atoms with Crippen LogP contribution in [-0.2, 0) is 0 Å². The summed E-state index contributed by atoms with van der Waals surface area (Å²) in [5.41, 5.74) is 0.641. The largest absolute Gasteiger partial charge is 0.507 e. The fourth-order valence-corrected chi connectivity index (χ4v) is 5.70. The van der Waals surface area contributed by atoms with Crippen LogP contribution in [-0.4, -0.2) is 24.7 Å². The van der Waals surface area contributed by atoms with Crippen LogP contribution in [0.4, 0.5) is 0 Å². The number of amides is 1. The van der Waals surface area contributed by atoms with Gasteiger partial charge in [0.1, 0.15) is 11.5 Å². The SMILES string of the molecule is COc1ccc(C(=O)NCC23CC4CC(CC(C4)C2)C3)c(O)c1. The van der Waals surface area contributed by atoms with Crippen LogP contribution >= 0.6 is 0 Å². The summed E-state index contributed by atoms with van der Waals surface area (Å²) < 4.78 is 5.06. The van der Waals surface area contributed by atoms with Crippen molar-refractivity contribution in [2.75, 3.05) is 13.7 Å². The molecule has 0 atom stereocenters. The van der Waals surface area contributed by atoms with Gasteiger partial charge in [-0.3, -0.25) is 4.79 Å². The van der Waals surface area contributed by atoms with Gasteiger partial charge in [0.2, 0.25) is 0 Å². The molecule has 0 heterocycles. The number of carbonyl (C=O) groups is 1. The number of carbonyl (C=O) groups excluding carboxylic acids is 1. The van der Waals surface area contributed by atoms with Crippen LogP contribution in [0.1, 0.15) is 48.9 Å². The number of rotatable bonds is 4. The monoisotopic (exact) mass is 315 g/mol. The van der Waals surface area contributed by atoms with Crippen LogP contribution in [0.25, 0.3) is 0 Å². The van der Waals surface area contributed by atoms with Crippen LogP contribution in [0.3, 0.4) is 0 Å². The lowest BCUT2D eigenvalue weighted by Gasteiger charge is -2.56. The Bertz CT molecular complexity index is 590. The van der Waals surface area contributed by atoms with E-state index in [1.165, 1.54) is 44.6 Å². The zero-order chi connectivity index (χ0) is 16.0. The Hall–Kier alpha value is -1.71. The first kappa shape index (κ1) is 14.9. The number of phenolic OH excluding ortho intramolecular Hbond substituents is 1. The number of hydrogen-bond donors (Lipinski definition) is 2. The van der Waals surface area contributed by atoms with E-state index >= 15 is 0 Å². The van der Waals surface area contributed by atoms with Crippen molar-refractivity contribution in [1.29, 1.82) is 0 Å². The first-order valence-corrected chi connectivity index (χ1v) is 8.72. The summed E-state index contributed by atoms with van der Waals surface area (Å²) in [5, 5.41) is 13.1. The van der Waals surface area contributed by atoms with Crippen molar-refractivity contribution in [2.45, 2.75) is 38.5 Å². The minimum absolute atomic E-state index is 0.0210. The minimum atomic E-state index is -0.180. The molecule has 4 nitrogen and oxygen atoms in total. The molecule has 4 fully saturated rings. The van der Waals surface area contributed by atoms with Gasteiger partial charge in [0.25, 0.3) is 5.91 Å². The maximum atomic E-state index is 12.4. The Balaban J connectivity index is 1.44. The van der Waals surface area contributed by atoms with Crippen molar-refractivity contribution in [3.05, 3.63) is 23.8 Å². The number of methoxy groups -OCH3 is 1. The van der Waals surface area contributed by atoms with Gasteiger partial charge in [0.05, 0.1) is 12.7 Å². The fraction of sp³-hybridized carbons (Fsp3) is 0.632. The average molecular weight is 315 g/mol. The van der Waals surface area contributed by atoms with Gasteiger partial charge in [-0.1, -0.05) is 0 Å². The van der Waals surface area contributed by atoms with Gasteiger partial charge in [-0.2, -0.15) is 0 Å². The molecule has 0 saturated heterocycles. The van der Waals surface area contributed by atoms with Crippen LogP contribution in [0.2, 0.25) is 0 Å². The van der Waals surface area contributed by atoms with E-state index in [1.807, 2.05) is 0 Å². The molecule has 5 rings (SSSR count). The molecule has 0 aliphatic heterocycles. The Kier molecular flexibility index (Phi) is 3.51. The van der Waals surface area contributed by atoms with E-state index in [0.29, 0.717) is 16.7 Å². The van der Waals surface area contributed by atoms with Crippen molar-refractivity contribution in [1.82, 2.24) is 5.32 Å². The normalized spacial score (nSPS) is 34.4. The number of phenols is 1. The smallest absolute Gasteiger partial charge is 0.255 e. The van der Waals surface area contributed by atoms with Gasteiger partial charge in [0.15, 0.2) is 0 Å². The predicted molar refractivity (Wildman–Crippen MR) is 87.6 cm³/mol. The van der Waals surface area contributed by atoms with Gasteiger partial charge in [-0.05, 0) is 73.8 Å². The van der Waals surface area contributed by atoms with Crippen LogP contribution < -0.4 is 10.1 Å². The van der Waals surface area contributed by atoms with Gasteiger partial charge >= 0.3 is 0 Å².